The molecule has 4 aromatic rings. The number of nitrogens with one attached hydrogen (secondary N) is 1. The van der Waals surface area contributed by atoms with Crippen molar-refractivity contribution >= 4 is 65.8 Å². The van der Waals surface area contributed by atoms with Crippen molar-refractivity contribution in [2.24, 2.45) is 0 Å². The van der Waals surface area contributed by atoms with E-state index in [0.717, 1.165) is 76.5 Å². The lowest BCUT2D eigenvalue weighted by Gasteiger charge is -2.42. The van der Waals surface area contributed by atoms with Crippen molar-refractivity contribution in [3.8, 4) is 11.3 Å². The Balaban J connectivity index is 0.998. The normalized spacial score (nSPS) is 23.3. The molecule has 13 heteroatoms. The minimum Gasteiger partial charge on any atom is -0.360 e. The first-order valence-corrected chi connectivity index (χ1v) is 18.7. The van der Waals surface area contributed by atoms with Crippen LogP contribution in [0.5, 0.6) is 0 Å². The van der Waals surface area contributed by atoms with Crippen LogP contribution in [0, 0.1) is 0 Å². The van der Waals surface area contributed by atoms with E-state index in [1.165, 1.54) is 0 Å². The van der Waals surface area contributed by atoms with Gasteiger partial charge in [0.2, 0.25) is 10.0 Å². The quantitative estimate of drug-likeness (QED) is 0.201. The first kappa shape index (κ1) is 29.7. The number of amides is 1. The molecule has 2 atom stereocenters. The molecule has 4 aliphatic rings. The van der Waals surface area contributed by atoms with Gasteiger partial charge < -0.3 is 9.42 Å². The molecule has 0 spiro atoms. The number of nitrogens with zero attached hydrogens (tertiary/aromatic N) is 4. The number of anilines is 1. The molecular weight excluding hydrogens is 653 g/mol. The number of hydrogen-bond donors (Lipinski definition) is 1. The molecule has 4 heterocycles. The van der Waals surface area contributed by atoms with Crippen LogP contribution in [0.15, 0.2) is 40.9 Å². The zero-order valence-electron chi connectivity index (χ0n) is 24.7. The van der Waals surface area contributed by atoms with Crippen LogP contribution in [0.3, 0.4) is 0 Å². The molecule has 45 heavy (non-hydrogen) atoms. The van der Waals surface area contributed by atoms with Crippen molar-refractivity contribution in [1.29, 1.82) is 0 Å². The number of carbonyl (C=O) groups excluding carboxylic acids is 1. The van der Waals surface area contributed by atoms with E-state index in [1.54, 1.807) is 23.5 Å². The Hall–Kier alpha value is -2.70. The molecule has 4 fully saturated rings. The molecule has 1 amide bonds. The third-order valence-electron chi connectivity index (χ3n) is 9.76. The Morgan fingerprint density at radius 2 is 1.78 bits per heavy atom. The fraction of sp³-hybridized carbons (Fsp3) is 0.469. The molecule has 2 aliphatic heterocycles. The number of rotatable bonds is 9. The van der Waals surface area contributed by atoms with Crippen LogP contribution >= 0.6 is 34.5 Å². The molecule has 9 nitrogen and oxygen atoms in total. The summed E-state index contributed by atoms with van der Waals surface area (Å²) in [6.45, 7) is 0.707. The zero-order valence-corrected chi connectivity index (χ0v) is 27.9. The molecule has 2 saturated heterocycles. The summed E-state index contributed by atoms with van der Waals surface area (Å²) in [7, 11) is -1.41. The summed E-state index contributed by atoms with van der Waals surface area (Å²) in [6.07, 6.45) is 7.68. The van der Waals surface area contributed by atoms with E-state index < -0.39 is 21.2 Å². The lowest BCUT2D eigenvalue weighted by molar-refractivity contribution is 0.0981. The number of sulfonamides is 1. The maximum atomic E-state index is 12.7. The summed E-state index contributed by atoms with van der Waals surface area (Å²) in [5.41, 5.74) is 3.71. The van der Waals surface area contributed by atoms with Gasteiger partial charge in [-0.05, 0) is 88.7 Å². The SMILES string of the molecule is CN(Cc1c(-c2c(Cl)cccc2Cl)noc1C1CC1)C1CC2CCC(C1)N2c1nc2ccc(C(=O)NS(=O)(=O)C3CC3)cc2s1. The Morgan fingerprint density at radius 1 is 1.07 bits per heavy atom. The van der Waals surface area contributed by atoms with Crippen molar-refractivity contribution in [3.63, 3.8) is 0 Å². The topological polar surface area (TPSA) is 109 Å². The Kier molecular flexibility index (Phi) is 7.41. The van der Waals surface area contributed by atoms with Gasteiger partial charge in [-0.3, -0.25) is 9.69 Å². The smallest absolute Gasteiger partial charge is 0.264 e. The fourth-order valence-electron chi connectivity index (χ4n) is 7.07. The second kappa shape index (κ2) is 11.2. The van der Waals surface area contributed by atoms with Gasteiger partial charge in [0.1, 0.15) is 11.5 Å². The molecule has 2 bridgehead atoms. The fourth-order valence-corrected chi connectivity index (χ4v) is 10.1. The van der Waals surface area contributed by atoms with Gasteiger partial charge in [-0.1, -0.05) is 45.8 Å². The van der Waals surface area contributed by atoms with Gasteiger partial charge in [-0.25, -0.2) is 18.1 Å². The first-order chi connectivity index (χ1) is 21.7. The molecule has 1 N–H and O–H groups in total. The summed E-state index contributed by atoms with van der Waals surface area (Å²) in [4.78, 5) is 22.6. The lowest BCUT2D eigenvalue weighted by atomic mass is 9.95. The van der Waals surface area contributed by atoms with Crippen molar-refractivity contribution in [3.05, 3.63) is 63.3 Å². The summed E-state index contributed by atoms with van der Waals surface area (Å²) in [6, 6.07) is 11.9. The van der Waals surface area contributed by atoms with E-state index in [4.69, 9.17) is 32.7 Å². The monoisotopic (exact) mass is 685 g/mol. The maximum Gasteiger partial charge on any atom is 0.264 e. The van der Waals surface area contributed by atoms with E-state index in [1.807, 2.05) is 24.3 Å². The number of aromatic nitrogens is 2. The number of halogens is 2. The van der Waals surface area contributed by atoms with E-state index in [9.17, 15) is 13.2 Å². The highest BCUT2D eigenvalue weighted by molar-refractivity contribution is 7.91. The van der Waals surface area contributed by atoms with Crippen molar-refractivity contribution < 1.29 is 17.7 Å². The minimum atomic E-state index is -3.60. The van der Waals surface area contributed by atoms with Crippen LogP contribution in [0.1, 0.15) is 79.0 Å². The number of benzene rings is 2. The first-order valence-electron chi connectivity index (χ1n) is 15.5. The van der Waals surface area contributed by atoms with Crippen LogP contribution in [0.2, 0.25) is 10.0 Å². The third kappa shape index (κ3) is 5.54. The Bertz CT molecular complexity index is 1890. The number of fused-ring (bicyclic) bond motifs is 3. The molecule has 2 unspecified atom stereocenters. The second-order valence-electron chi connectivity index (χ2n) is 12.9. The van der Waals surface area contributed by atoms with Crippen LogP contribution in [-0.2, 0) is 16.6 Å². The van der Waals surface area contributed by atoms with Gasteiger partial charge in [0, 0.05) is 47.3 Å². The van der Waals surface area contributed by atoms with Gasteiger partial charge >= 0.3 is 0 Å². The van der Waals surface area contributed by atoms with Gasteiger partial charge in [0.05, 0.1) is 25.5 Å². The number of piperidine rings is 1. The van der Waals surface area contributed by atoms with E-state index >= 15 is 0 Å². The van der Waals surface area contributed by atoms with Gasteiger partial charge in [-0.2, -0.15) is 0 Å². The number of thiazole rings is 1. The van der Waals surface area contributed by atoms with Crippen LogP contribution in [-0.4, -0.2) is 59.8 Å². The number of carbonyl (C=O) groups is 1. The molecule has 2 aliphatic carbocycles. The van der Waals surface area contributed by atoms with Gasteiger partial charge in [0.15, 0.2) is 5.13 Å². The molecule has 236 valence electrons. The third-order valence-corrected chi connectivity index (χ3v) is 13.2. The minimum absolute atomic E-state index is 0.335. The van der Waals surface area contributed by atoms with Crippen molar-refractivity contribution in [2.45, 2.75) is 87.2 Å². The summed E-state index contributed by atoms with van der Waals surface area (Å²) in [5, 5.41) is 6.14. The van der Waals surface area contributed by atoms with E-state index in [0.29, 0.717) is 59.0 Å². The summed E-state index contributed by atoms with van der Waals surface area (Å²) < 4.78 is 33.6. The lowest BCUT2D eigenvalue weighted by Crippen LogP contribution is -2.49. The largest absolute Gasteiger partial charge is 0.360 e. The zero-order chi connectivity index (χ0) is 31.0. The van der Waals surface area contributed by atoms with Crippen LogP contribution in [0.25, 0.3) is 21.5 Å². The molecule has 0 radical (unpaired) electrons. The summed E-state index contributed by atoms with van der Waals surface area (Å²) >= 11 is 14.8. The predicted molar refractivity (Wildman–Crippen MR) is 177 cm³/mol. The van der Waals surface area contributed by atoms with Crippen molar-refractivity contribution in [2.75, 3.05) is 11.9 Å². The molecular formula is C32H33Cl2N5O4S2. The van der Waals surface area contributed by atoms with Gasteiger partial charge in [-0.15, -0.1) is 0 Å². The summed E-state index contributed by atoms with van der Waals surface area (Å²) in [5.74, 6) is 0.781. The van der Waals surface area contributed by atoms with Crippen molar-refractivity contribution in [1.82, 2.24) is 19.8 Å². The molecule has 2 saturated carbocycles. The Morgan fingerprint density at radius 3 is 2.44 bits per heavy atom. The van der Waals surface area contributed by atoms with Crippen LogP contribution in [0.4, 0.5) is 5.13 Å². The maximum absolute atomic E-state index is 12.7. The Labute approximate surface area is 275 Å². The van der Waals surface area contributed by atoms with Gasteiger partial charge in [0.25, 0.3) is 5.91 Å². The number of hydrogen-bond acceptors (Lipinski definition) is 9. The molecule has 2 aromatic carbocycles. The average molecular weight is 687 g/mol. The molecule has 8 rings (SSSR count). The predicted octanol–water partition coefficient (Wildman–Crippen LogP) is 6.99. The highest BCUT2D eigenvalue weighted by Gasteiger charge is 2.44. The van der Waals surface area contributed by atoms with E-state index in [2.05, 4.69) is 26.7 Å². The molecule has 2 aromatic heterocycles. The van der Waals surface area contributed by atoms with Crippen LogP contribution < -0.4 is 9.62 Å². The van der Waals surface area contributed by atoms with E-state index in [-0.39, 0.29) is 0 Å². The highest BCUT2D eigenvalue weighted by atomic mass is 35.5. The standard InChI is InChI=1S/C32H33Cl2N5O4S2/c1-38(16-23-29(36-43-30(23)17-5-6-17)28-24(33)3-2-4-25(28)34)21-14-19-8-9-20(15-21)39(19)32-35-26-12-7-18(13-27(26)44-32)31(40)37-45(41,42)22-10-11-22/h2-4,7,12-13,17,19-22H,5-6,8-11,14-16H2,1H3,(H,37,40). The highest BCUT2D eigenvalue weighted by Crippen LogP contribution is 2.47. The second-order valence-corrected chi connectivity index (χ2v) is 16.7. The average Bonchev–Trinajstić information content (AvgIpc) is 3.93.